The second-order valence-electron chi connectivity index (χ2n) is 4.35. The van der Waals surface area contributed by atoms with Gasteiger partial charge in [-0.25, -0.2) is 0 Å². The normalized spacial score (nSPS) is 15.5. The number of ether oxygens (including phenoxy) is 2. The average molecular weight is 305 g/mol. The van der Waals surface area contributed by atoms with E-state index in [1.165, 1.54) is 7.05 Å². The summed E-state index contributed by atoms with van der Waals surface area (Å²) in [5.41, 5.74) is 4.50. The number of rotatable bonds is 9. The maximum Gasteiger partial charge on any atom is 0.145 e. The molecule has 0 spiro atoms. The second-order valence-corrected chi connectivity index (χ2v) is 4.35. The van der Waals surface area contributed by atoms with Crippen molar-refractivity contribution in [2.24, 2.45) is 5.73 Å². The van der Waals surface area contributed by atoms with Crippen molar-refractivity contribution in [3.05, 3.63) is 0 Å². The Hall–Kier alpha value is -0.530. The van der Waals surface area contributed by atoms with Gasteiger partial charge in [-0.3, -0.25) is 4.90 Å². The van der Waals surface area contributed by atoms with Crippen LogP contribution >= 0.6 is 0 Å². The van der Waals surface area contributed by atoms with Crippen LogP contribution in [0.15, 0.2) is 0 Å². The van der Waals surface area contributed by atoms with Gasteiger partial charge in [0.1, 0.15) is 12.9 Å². The molecule has 0 bridgehead atoms. The molecule has 1 aliphatic rings. The highest BCUT2D eigenvalue weighted by molar-refractivity contribution is 5.50. The van der Waals surface area contributed by atoms with Crippen molar-refractivity contribution < 1.29 is 14.3 Å². The highest BCUT2D eigenvalue weighted by Gasteiger charge is 2.12. The largest absolute Gasteiger partial charge is 0.380 e. The molecule has 0 unspecified atom stereocenters. The Balaban J connectivity index is 0. The Morgan fingerprint density at radius 3 is 2.14 bits per heavy atom. The van der Waals surface area contributed by atoms with Gasteiger partial charge in [-0.15, -0.1) is 0 Å². The molecule has 0 amide bonds. The molecule has 1 saturated heterocycles. The third-order valence-corrected chi connectivity index (χ3v) is 2.91. The van der Waals surface area contributed by atoms with Gasteiger partial charge >= 0.3 is 0 Å². The number of nitrogens with two attached hydrogens (primary N) is 1. The van der Waals surface area contributed by atoms with E-state index < -0.39 is 0 Å². The first-order valence-electron chi connectivity index (χ1n) is 7.90. The van der Waals surface area contributed by atoms with Gasteiger partial charge in [-0.05, 0) is 20.5 Å². The lowest BCUT2D eigenvalue weighted by molar-refractivity contribution is -0.112. The maximum absolute atomic E-state index is 9.97. The minimum atomic E-state index is 0.196. The van der Waals surface area contributed by atoms with Crippen LogP contribution in [0.4, 0.5) is 0 Å². The quantitative estimate of drug-likeness (QED) is 0.493. The fourth-order valence-corrected chi connectivity index (χ4v) is 1.76. The highest BCUT2D eigenvalue weighted by Crippen LogP contribution is 1.98. The molecule has 0 radical (unpaired) electrons. The molecule has 0 atom stereocenters. The van der Waals surface area contributed by atoms with Gasteiger partial charge in [0, 0.05) is 45.9 Å². The first-order valence-corrected chi connectivity index (χ1v) is 7.90. The molecule has 0 saturated carbocycles. The summed E-state index contributed by atoms with van der Waals surface area (Å²) in [5, 5.41) is 0. The van der Waals surface area contributed by atoms with E-state index in [0.29, 0.717) is 13.2 Å². The van der Waals surface area contributed by atoms with E-state index in [1.807, 2.05) is 13.8 Å². The zero-order chi connectivity index (χ0) is 16.3. The summed E-state index contributed by atoms with van der Waals surface area (Å²) in [6.07, 6.45) is 1.63. The molecule has 0 aliphatic carbocycles. The molecule has 21 heavy (non-hydrogen) atoms. The van der Waals surface area contributed by atoms with Gasteiger partial charge in [0.25, 0.3) is 0 Å². The first kappa shape index (κ1) is 22.7. The van der Waals surface area contributed by atoms with E-state index in [4.69, 9.17) is 9.47 Å². The molecular formula is C15H35N3O3. The predicted molar refractivity (Wildman–Crippen MR) is 87.7 cm³/mol. The number of nitrogens with zero attached hydrogens (tertiary/aromatic N) is 2. The van der Waals surface area contributed by atoms with Crippen molar-refractivity contribution in [3.63, 3.8) is 0 Å². The molecule has 6 heteroatoms. The fraction of sp³-hybridized carbons (Fsp3) is 0.933. The number of aldehydes is 1. The molecule has 1 fully saturated rings. The van der Waals surface area contributed by atoms with Gasteiger partial charge in [-0.2, -0.15) is 0 Å². The van der Waals surface area contributed by atoms with Crippen LogP contribution in [-0.4, -0.2) is 89.3 Å². The van der Waals surface area contributed by atoms with Crippen molar-refractivity contribution in [1.29, 1.82) is 0 Å². The molecular weight excluding hydrogens is 270 g/mol. The van der Waals surface area contributed by atoms with Gasteiger partial charge in [0.15, 0.2) is 0 Å². The van der Waals surface area contributed by atoms with E-state index in [2.05, 4.69) is 22.6 Å². The number of piperazine rings is 1. The Morgan fingerprint density at radius 1 is 1.00 bits per heavy atom. The van der Waals surface area contributed by atoms with Gasteiger partial charge < -0.3 is 24.9 Å². The Morgan fingerprint density at radius 2 is 1.57 bits per heavy atom. The minimum Gasteiger partial charge on any atom is -0.380 e. The summed E-state index contributed by atoms with van der Waals surface area (Å²) >= 11 is 0. The number of likely N-dealkylation sites (N-methyl/N-ethyl adjacent to an activating group) is 1. The number of carbonyl (C=O) groups is 1. The topological polar surface area (TPSA) is 68.0 Å². The molecule has 1 heterocycles. The molecule has 128 valence electrons. The smallest absolute Gasteiger partial charge is 0.145 e. The molecule has 0 aromatic heterocycles. The summed E-state index contributed by atoms with van der Waals surface area (Å²) in [4.78, 5) is 14.8. The molecule has 0 aromatic rings. The number of hydrogen-bond donors (Lipinski definition) is 1. The fourth-order valence-electron chi connectivity index (χ4n) is 1.76. The van der Waals surface area contributed by atoms with Crippen LogP contribution in [0, 0.1) is 0 Å². The zero-order valence-corrected chi connectivity index (χ0v) is 14.3. The third-order valence-electron chi connectivity index (χ3n) is 2.91. The monoisotopic (exact) mass is 305 g/mol. The second kappa shape index (κ2) is 19.5. The SMILES string of the molecule is CC.CN.CN1CCN(CCOCCCOCC=O)CC1. The lowest BCUT2D eigenvalue weighted by Crippen LogP contribution is -2.45. The van der Waals surface area contributed by atoms with Crippen molar-refractivity contribution in [2.75, 3.05) is 73.2 Å². The predicted octanol–water partition coefficient (Wildman–Crippen LogP) is 0.457. The third kappa shape index (κ3) is 15.7. The van der Waals surface area contributed by atoms with E-state index in [0.717, 1.165) is 52.0 Å². The minimum absolute atomic E-state index is 0.196. The van der Waals surface area contributed by atoms with Crippen LogP contribution in [-0.2, 0) is 14.3 Å². The van der Waals surface area contributed by atoms with E-state index in [9.17, 15) is 4.79 Å². The molecule has 0 aromatic carbocycles. The van der Waals surface area contributed by atoms with E-state index in [-0.39, 0.29) is 6.61 Å². The van der Waals surface area contributed by atoms with Crippen LogP contribution in [0.3, 0.4) is 0 Å². The van der Waals surface area contributed by atoms with Crippen LogP contribution < -0.4 is 5.73 Å². The maximum atomic E-state index is 9.97. The Kier molecular flexibility index (Phi) is 21.1. The zero-order valence-electron chi connectivity index (χ0n) is 14.3. The lowest BCUT2D eigenvalue weighted by atomic mass is 10.3. The first-order chi connectivity index (χ1) is 10.3. The van der Waals surface area contributed by atoms with Crippen molar-refractivity contribution in [1.82, 2.24) is 9.80 Å². The summed E-state index contributed by atoms with van der Waals surface area (Å²) < 4.78 is 10.5. The highest BCUT2D eigenvalue weighted by atomic mass is 16.5. The van der Waals surface area contributed by atoms with E-state index in [1.54, 1.807) is 0 Å². The molecule has 2 N–H and O–H groups in total. The summed E-state index contributed by atoms with van der Waals surface area (Å²) in [5.74, 6) is 0. The molecule has 1 rings (SSSR count). The van der Waals surface area contributed by atoms with Crippen LogP contribution in [0.2, 0.25) is 0 Å². The van der Waals surface area contributed by atoms with Crippen molar-refractivity contribution >= 4 is 6.29 Å². The molecule has 6 nitrogen and oxygen atoms in total. The van der Waals surface area contributed by atoms with Crippen molar-refractivity contribution in [2.45, 2.75) is 20.3 Å². The van der Waals surface area contributed by atoms with Gasteiger partial charge in [0.2, 0.25) is 0 Å². The van der Waals surface area contributed by atoms with Gasteiger partial charge in [-0.1, -0.05) is 13.8 Å². The Labute approximate surface area is 130 Å². The Bertz CT molecular complexity index is 199. The summed E-state index contributed by atoms with van der Waals surface area (Å²) in [6.45, 7) is 11.9. The van der Waals surface area contributed by atoms with Crippen LogP contribution in [0.25, 0.3) is 0 Å². The van der Waals surface area contributed by atoms with Crippen LogP contribution in [0.1, 0.15) is 20.3 Å². The van der Waals surface area contributed by atoms with Crippen LogP contribution in [0.5, 0.6) is 0 Å². The molecule has 1 aliphatic heterocycles. The summed E-state index contributed by atoms with van der Waals surface area (Å²) in [6, 6.07) is 0. The standard InChI is InChI=1S/C12H24N2O3.C2H6.CH5N/c1-13-3-5-14(6-4-13)7-11-16-9-2-10-17-12-8-15;2*1-2/h8H,2-7,9-12H2,1H3;1-2H3;2H2,1H3. The van der Waals surface area contributed by atoms with Gasteiger partial charge in [0.05, 0.1) is 6.61 Å². The lowest BCUT2D eigenvalue weighted by Gasteiger charge is -2.32. The van der Waals surface area contributed by atoms with E-state index >= 15 is 0 Å². The number of hydrogen-bond acceptors (Lipinski definition) is 6. The summed E-state index contributed by atoms with van der Waals surface area (Å²) in [7, 11) is 3.66. The van der Waals surface area contributed by atoms with Crippen molar-refractivity contribution in [3.8, 4) is 0 Å². The average Bonchev–Trinajstić information content (AvgIpc) is 2.55. The number of carbonyl (C=O) groups excluding carboxylic acids is 1.